The summed E-state index contributed by atoms with van der Waals surface area (Å²) in [6.45, 7) is 1.75. The van der Waals surface area contributed by atoms with Crippen molar-refractivity contribution in [2.24, 2.45) is 7.05 Å². The first-order chi connectivity index (χ1) is 13.8. The van der Waals surface area contributed by atoms with Crippen molar-refractivity contribution in [3.8, 4) is 0 Å². The smallest absolute Gasteiger partial charge is 0.354 e. The lowest BCUT2D eigenvalue weighted by molar-refractivity contribution is 0.0681. The molecule has 7 nitrogen and oxygen atoms in total. The Labute approximate surface area is 172 Å². The van der Waals surface area contributed by atoms with Crippen molar-refractivity contribution in [1.29, 1.82) is 0 Å². The number of hydrogen-bond acceptors (Lipinski definition) is 4. The quantitative estimate of drug-likeness (QED) is 0.643. The molecule has 29 heavy (non-hydrogen) atoms. The Morgan fingerprint density at radius 2 is 2.00 bits per heavy atom. The standard InChI is InChI=1S/C21H21ClN4O3/c1-12-9-15(11-25(2)20(12)27)24-18(13-3-5-14(22)6-4-13)17-10-23-26(16-7-8-16)19(17)21(28)29/h3-6,9-11,16,18,24H,7-8H2,1-2H3,(H,28,29). The van der Waals surface area contributed by atoms with Crippen LogP contribution in [-0.4, -0.2) is 25.4 Å². The number of nitrogens with zero attached hydrogens (tertiary/aromatic N) is 3. The molecule has 2 aromatic heterocycles. The summed E-state index contributed by atoms with van der Waals surface area (Å²) in [7, 11) is 1.69. The molecular weight excluding hydrogens is 392 g/mol. The van der Waals surface area contributed by atoms with Crippen LogP contribution in [-0.2, 0) is 7.05 Å². The third-order valence-corrected chi connectivity index (χ3v) is 5.36. The van der Waals surface area contributed by atoms with E-state index in [1.165, 1.54) is 4.57 Å². The number of carboxylic acid groups (broad SMARTS) is 1. The predicted molar refractivity (Wildman–Crippen MR) is 111 cm³/mol. The lowest BCUT2D eigenvalue weighted by Crippen LogP contribution is -2.22. The topological polar surface area (TPSA) is 89.2 Å². The van der Waals surface area contributed by atoms with Crippen molar-refractivity contribution < 1.29 is 9.90 Å². The maximum absolute atomic E-state index is 12.1. The molecule has 1 fully saturated rings. The molecule has 0 aliphatic heterocycles. The highest BCUT2D eigenvalue weighted by atomic mass is 35.5. The Morgan fingerprint density at radius 3 is 2.59 bits per heavy atom. The molecule has 2 N–H and O–H groups in total. The van der Waals surface area contributed by atoms with Crippen LogP contribution in [0.3, 0.4) is 0 Å². The van der Waals surface area contributed by atoms with E-state index >= 15 is 0 Å². The van der Waals surface area contributed by atoms with Gasteiger partial charge < -0.3 is 15.0 Å². The first-order valence-electron chi connectivity index (χ1n) is 9.35. The van der Waals surface area contributed by atoms with Crippen molar-refractivity contribution in [2.45, 2.75) is 31.8 Å². The molecule has 4 rings (SSSR count). The van der Waals surface area contributed by atoms with Gasteiger partial charge in [-0.15, -0.1) is 0 Å². The fourth-order valence-corrected chi connectivity index (χ4v) is 3.65. The van der Waals surface area contributed by atoms with Crippen LogP contribution in [0.2, 0.25) is 5.02 Å². The Morgan fingerprint density at radius 1 is 1.31 bits per heavy atom. The Balaban J connectivity index is 1.83. The third kappa shape index (κ3) is 3.78. The first kappa shape index (κ1) is 19.3. The van der Waals surface area contributed by atoms with Crippen LogP contribution >= 0.6 is 11.6 Å². The van der Waals surface area contributed by atoms with Gasteiger partial charge in [0.2, 0.25) is 0 Å². The first-order valence-corrected chi connectivity index (χ1v) is 9.73. The molecule has 1 aromatic carbocycles. The summed E-state index contributed by atoms with van der Waals surface area (Å²) in [5, 5.41) is 18.2. The highest BCUT2D eigenvalue weighted by Gasteiger charge is 2.33. The minimum Gasteiger partial charge on any atom is -0.477 e. The molecule has 1 aliphatic carbocycles. The molecule has 0 radical (unpaired) electrons. The van der Waals surface area contributed by atoms with E-state index in [2.05, 4.69) is 10.4 Å². The van der Waals surface area contributed by atoms with E-state index in [-0.39, 0.29) is 17.3 Å². The van der Waals surface area contributed by atoms with Crippen molar-refractivity contribution in [1.82, 2.24) is 14.3 Å². The van der Waals surface area contributed by atoms with E-state index in [1.54, 1.807) is 49.2 Å². The zero-order valence-corrected chi connectivity index (χ0v) is 16.8. The SMILES string of the molecule is Cc1cc(NC(c2ccc(Cl)cc2)c2cnn(C3CC3)c2C(=O)O)cn(C)c1=O. The minimum absolute atomic E-state index is 0.0774. The van der Waals surface area contributed by atoms with Crippen LogP contribution in [0.15, 0.2) is 47.5 Å². The fraction of sp³-hybridized carbons (Fsp3) is 0.286. The second-order valence-corrected chi connectivity index (χ2v) is 7.82. The number of benzene rings is 1. The summed E-state index contributed by atoms with van der Waals surface area (Å²) < 4.78 is 3.11. The Bertz CT molecular complexity index is 1100. The lowest BCUT2D eigenvalue weighted by Gasteiger charge is -2.21. The van der Waals surface area contributed by atoms with Crippen LogP contribution < -0.4 is 10.9 Å². The van der Waals surface area contributed by atoms with Crippen LogP contribution in [0.25, 0.3) is 0 Å². The molecule has 0 amide bonds. The van der Waals surface area contributed by atoms with Crippen LogP contribution in [0, 0.1) is 6.92 Å². The van der Waals surface area contributed by atoms with Crippen LogP contribution in [0.1, 0.15) is 52.1 Å². The molecule has 0 saturated heterocycles. The average molecular weight is 413 g/mol. The number of hydrogen-bond donors (Lipinski definition) is 2. The Kier molecular flexibility index (Phi) is 4.92. The van der Waals surface area contributed by atoms with Gasteiger partial charge in [0, 0.05) is 29.4 Å². The number of halogens is 1. The molecule has 150 valence electrons. The summed E-state index contributed by atoms with van der Waals surface area (Å²) in [6, 6.07) is 8.68. The highest BCUT2D eigenvalue weighted by molar-refractivity contribution is 6.30. The molecule has 1 unspecified atom stereocenters. The van der Waals surface area contributed by atoms with Crippen LogP contribution in [0.4, 0.5) is 5.69 Å². The van der Waals surface area contributed by atoms with Crippen molar-refractivity contribution >= 4 is 23.3 Å². The molecule has 1 saturated carbocycles. The molecule has 2 heterocycles. The van der Waals surface area contributed by atoms with Crippen molar-refractivity contribution in [2.75, 3.05) is 5.32 Å². The van der Waals surface area contributed by atoms with E-state index < -0.39 is 12.0 Å². The maximum atomic E-state index is 12.1. The zero-order chi connectivity index (χ0) is 20.7. The van der Waals surface area contributed by atoms with Gasteiger partial charge >= 0.3 is 5.97 Å². The van der Waals surface area contributed by atoms with Gasteiger partial charge in [-0.25, -0.2) is 4.79 Å². The largest absolute Gasteiger partial charge is 0.477 e. The second-order valence-electron chi connectivity index (χ2n) is 7.39. The number of rotatable bonds is 6. The number of carboxylic acids is 1. The summed E-state index contributed by atoms with van der Waals surface area (Å²) in [5.41, 5.74) is 2.82. The maximum Gasteiger partial charge on any atom is 0.354 e. The summed E-state index contributed by atoms with van der Waals surface area (Å²) in [5.74, 6) is -1.01. The normalized spacial score (nSPS) is 14.6. The summed E-state index contributed by atoms with van der Waals surface area (Å²) in [6.07, 6.45) is 5.17. The average Bonchev–Trinajstić information content (AvgIpc) is 3.43. The van der Waals surface area contributed by atoms with Gasteiger partial charge in [-0.2, -0.15) is 5.10 Å². The summed E-state index contributed by atoms with van der Waals surface area (Å²) in [4.78, 5) is 24.1. The molecule has 3 aromatic rings. The number of nitrogens with one attached hydrogen (secondary N) is 1. The van der Waals surface area contributed by atoms with Crippen molar-refractivity contribution in [3.63, 3.8) is 0 Å². The molecule has 8 heteroatoms. The van der Waals surface area contributed by atoms with Gasteiger partial charge in [-0.05, 0) is 43.5 Å². The molecule has 0 spiro atoms. The molecule has 0 bridgehead atoms. The number of aromatic carboxylic acids is 1. The predicted octanol–water partition coefficient (Wildman–Crippen LogP) is 3.78. The van der Waals surface area contributed by atoms with Gasteiger partial charge in [0.05, 0.1) is 24.0 Å². The van der Waals surface area contributed by atoms with E-state index in [0.717, 1.165) is 18.4 Å². The highest BCUT2D eigenvalue weighted by Crippen LogP contribution is 2.38. The van der Waals surface area contributed by atoms with Gasteiger partial charge in [0.25, 0.3) is 5.56 Å². The van der Waals surface area contributed by atoms with Gasteiger partial charge in [-0.1, -0.05) is 23.7 Å². The van der Waals surface area contributed by atoms with E-state index in [9.17, 15) is 14.7 Å². The van der Waals surface area contributed by atoms with Crippen molar-refractivity contribution in [3.05, 3.63) is 80.5 Å². The fourth-order valence-electron chi connectivity index (χ4n) is 3.52. The summed E-state index contributed by atoms with van der Waals surface area (Å²) >= 11 is 6.05. The number of anilines is 1. The number of carbonyl (C=O) groups is 1. The van der Waals surface area contributed by atoms with E-state index in [4.69, 9.17) is 11.6 Å². The van der Waals surface area contributed by atoms with Gasteiger partial charge in [0.15, 0.2) is 5.69 Å². The molecule has 1 atom stereocenters. The zero-order valence-electron chi connectivity index (χ0n) is 16.1. The number of pyridine rings is 1. The second kappa shape index (κ2) is 7.40. The molecule has 1 aliphatic rings. The van der Waals surface area contributed by atoms with Gasteiger partial charge in [0.1, 0.15) is 0 Å². The van der Waals surface area contributed by atoms with E-state index in [0.29, 0.717) is 21.8 Å². The van der Waals surface area contributed by atoms with E-state index in [1.807, 2.05) is 12.1 Å². The van der Waals surface area contributed by atoms with Gasteiger partial charge in [-0.3, -0.25) is 9.48 Å². The lowest BCUT2D eigenvalue weighted by atomic mass is 9.98. The monoisotopic (exact) mass is 412 g/mol. The van der Waals surface area contributed by atoms with Crippen LogP contribution in [0.5, 0.6) is 0 Å². The third-order valence-electron chi connectivity index (χ3n) is 5.11. The minimum atomic E-state index is -1.01. The number of aryl methyl sites for hydroxylation is 2. The number of aromatic nitrogens is 3. The molecular formula is C21H21ClN4O3. The Hall–Kier alpha value is -3.06.